The minimum Gasteiger partial charge on any atom is -0.305 e. The van der Waals surface area contributed by atoms with E-state index in [4.69, 9.17) is 11.6 Å². The summed E-state index contributed by atoms with van der Waals surface area (Å²) in [5.74, 6) is 0.556. The first-order valence-electron chi connectivity index (χ1n) is 7.41. The minimum atomic E-state index is -4.10. The van der Waals surface area contributed by atoms with Gasteiger partial charge in [0.25, 0.3) is 10.0 Å². The summed E-state index contributed by atoms with van der Waals surface area (Å²) >= 11 is 8.27. The van der Waals surface area contributed by atoms with Gasteiger partial charge in [0, 0.05) is 23.2 Å². The number of thioether (sulfide) groups is 1. The average molecular weight is 463 g/mol. The van der Waals surface area contributed by atoms with Gasteiger partial charge in [-0.2, -0.15) is 8.42 Å². The van der Waals surface area contributed by atoms with Crippen LogP contribution in [0.25, 0.3) is 10.7 Å². The van der Waals surface area contributed by atoms with Gasteiger partial charge in [-0.15, -0.1) is 25.3 Å². The van der Waals surface area contributed by atoms with Gasteiger partial charge in [-0.25, -0.2) is 4.21 Å². The third kappa shape index (κ3) is 4.21. The van der Waals surface area contributed by atoms with E-state index in [0.717, 1.165) is 11.3 Å². The molecule has 0 saturated carbocycles. The lowest BCUT2D eigenvalue weighted by molar-refractivity contribution is 0.600. The van der Waals surface area contributed by atoms with E-state index in [1.54, 1.807) is 29.8 Å². The van der Waals surface area contributed by atoms with Gasteiger partial charge in [-0.3, -0.25) is 0 Å². The zero-order valence-electron chi connectivity index (χ0n) is 14.5. The van der Waals surface area contributed by atoms with Crippen LogP contribution in [0.15, 0.2) is 54.4 Å². The second kappa shape index (κ2) is 7.55. The fraction of sp³-hybridized carbons (Fsp3) is 0.200. The Morgan fingerprint density at radius 1 is 1.11 bits per heavy atom. The maximum Gasteiger partial charge on any atom is 0.299 e. The molecule has 3 aromatic rings. The van der Waals surface area contributed by atoms with Gasteiger partial charge in [-0.1, -0.05) is 23.4 Å². The van der Waals surface area contributed by atoms with E-state index in [1.165, 1.54) is 36.2 Å². The Hall–Kier alpha value is -1.40. The molecule has 2 aromatic heterocycles. The van der Waals surface area contributed by atoms with E-state index < -0.39 is 19.8 Å². The zero-order valence-corrected chi connectivity index (χ0v) is 18.5. The maximum absolute atomic E-state index is 12.8. The summed E-state index contributed by atoms with van der Waals surface area (Å²) in [6, 6.07) is 9.18. The first-order valence-corrected chi connectivity index (χ1v) is 13.2. The summed E-state index contributed by atoms with van der Waals surface area (Å²) in [7, 11) is -5.45. The van der Waals surface area contributed by atoms with Gasteiger partial charge in [0.1, 0.15) is 4.21 Å². The largest absolute Gasteiger partial charge is 0.305 e. The summed E-state index contributed by atoms with van der Waals surface area (Å²) < 4.78 is 43.6. The van der Waals surface area contributed by atoms with Crippen LogP contribution in [0, 0.1) is 0 Å². The minimum absolute atomic E-state index is 0.00487. The van der Waals surface area contributed by atoms with Crippen LogP contribution < -0.4 is 0 Å². The zero-order chi connectivity index (χ0) is 19.8. The van der Waals surface area contributed by atoms with Crippen molar-refractivity contribution in [2.45, 2.75) is 14.3 Å². The molecule has 0 aliphatic carbocycles. The van der Waals surface area contributed by atoms with Crippen molar-refractivity contribution in [3.8, 4) is 10.7 Å². The fourth-order valence-corrected chi connectivity index (χ4v) is 7.59. The van der Waals surface area contributed by atoms with Gasteiger partial charge < -0.3 is 4.57 Å². The molecule has 12 heteroatoms. The van der Waals surface area contributed by atoms with Crippen molar-refractivity contribution in [2.24, 2.45) is 10.8 Å². The van der Waals surface area contributed by atoms with Crippen LogP contribution in [0.2, 0.25) is 5.02 Å². The summed E-state index contributed by atoms with van der Waals surface area (Å²) in [4.78, 5) is 0.929. The lowest BCUT2D eigenvalue weighted by Gasteiger charge is -2.04. The highest BCUT2D eigenvalue weighted by Crippen LogP contribution is 2.32. The molecule has 0 saturated heterocycles. The van der Waals surface area contributed by atoms with Crippen LogP contribution in [-0.4, -0.2) is 39.9 Å². The normalized spacial score (nSPS) is 14.1. The lowest BCUT2D eigenvalue weighted by Crippen LogP contribution is -2.03. The highest BCUT2D eigenvalue weighted by Gasteiger charge is 2.22. The van der Waals surface area contributed by atoms with Gasteiger partial charge in [0.2, 0.25) is 0 Å². The van der Waals surface area contributed by atoms with Crippen LogP contribution in [0.1, 0.15) is 0 Å². The van der Waals surface area contributed by atoms with Crippen molar-refractivity contribution >= 4 is 54.5 Å². The molecule has 0 radical (unpaired) electrons. The van der Waals surface area contributed by atoms with Crippen molar-refractivity contribution in [2.75, 3.05) is 12.5 Å². The van der Waals surface area contributed by atoms with Crippen molar-refractivity contribution in [3.05, 3.63) is 41.4 Å². The van der Waals surface area contributed by atoms with Crippen molar-refractivity contribution in [1.82, 2.24) is 14.8 Å². The number of hydrogen-bond donors (Lipinski definition) is 0. The number of halogens is 1. The van der Waals surface area contributed by atoms with Crippen molar-refractivity contribution < 1.29 is 12.6 Å². The van der Waals surface area contributed by atoms with Crippen LogP contribution in [0.3, 0.4) is 0 Å². The molecular weight excluding hydrogens is 448 g/mol. The SMILES string of the molecule is CSc1nnc(-c2ccc(S(=O)(=O)N=S(C)(=O)c3ccc(Cl)cc3)s2)n1C. The smallest absolute Gasteiger partial charge is 0.299 e. The summed E-state index contributed by atoms with van der Waals surface area (Å²) in [6.45, 7) is 0. The van der Waals surface area contributed by atoms with Crippen molar-refractivity contribution in [1.29, 1.82) is 0 Å². The topological polar surface area (TPSA) is 94.3 Å². The van der Waals surface area contributed by atoms with Crippen LogP contribution >= 0.6 is 34.7 Å². The van der Waals surface area contributed by atoms with Gasteiger partial charge >= 0.3 is 0 Å². The molecule has 27 heavy (non-hydrogen) atoms. The molecule has 2 heterocycles. The quantitative estimate of drug-likeness (QED) is 0.535. The van der Waals surface area contributed by atoms with Gasteiger partial charge in [-0.05, 0) is 42.7 Å². The first-order chi connectivity index (χ1) is 12.6. The summed E-state index contributed by atoms with van der Waals surface area (Å²) in [6.07, 6.45) is 3.17. The number of thiophene rings is 1. The molecule has 3 rings (SSSR count). The molecule has 0 bridgehead atoms. The Morgan fingerprint density at radius 2 is 1.78 bits per heavy atom. The van der Waals surface area contributed by atoms with Gasteiger partial charge in [0.15, 0.2) is 11.0 Å². The van der Waals surface area contributed by atoms with Crippen LogP contribution in [-0.2, 0) is 26.8 Å². The third-order valence-electron chi connectivity index (χ3n) is 3.56. The average Bonchev–Trinajstić information content (AvgIpc) is 3.21. The molecule has 0 aliphatic rings. The summed E-state index contributed by atoms with van der Waals surface area (Å²) in [5, 5.41) is 9.31. The monoisotopic (exact) mass is 462 g/mol. The Bertz CT molecular complexity index is 1210. The molecule has 0 fully saturated rings. The summed E-state index contributed by atoms with van der Waals surface area (Å²) in [5.41, 5.74) is 0. The predicted molar refractivity (Wildman–Crippen MR) is 109 cm³/mol. The number of aromatic nitrogens is 3. The molecule has 0 aliphatic heterocycles. The molecular formula is C15H15ClN4O3S4. The Morgan fingerprint density at radius 3 is 2.37 bits per heavy atom. The Balaban J connectivity index is 2.01. The molecule has 1 aromatic carbocycles. The fourth-order valence-electron chi connectivity index (χ4n) is 2.24. The standard InChI is InChI=1S/C15H15ClN4O3S4/c1-20-14(17-18-15(20)24-2)12-8-9-13(25-12)27(22,23)19-26(3,21)11-6-4-10(16)5-7-11/h4-9H,1-3H3. The molecule has 1 atom stereocenters. The van der Waals surface area contributed by atoms with Crippen LogP contribution in [0.5, 0.6) is 0 Å². The van der Waals surface area contributed by atoms with E-state index in [9.17, 15) is 12.6 Å². The van der Waals surface area contributed by atoms with E-state index in [0.29, 0.717) is 25.8 Å². The molecule has 0 amide bonds. The van der Waals surface area contributed by atoms with Crippen molar-refractivity contribution in [3.63, 3.8) is 0 Å². The van der Waals surface area contributed by atoms with E-state index >= 15 is 0 Å². The second-order valence-electron chi connectivity index (χ2n) is 5.49. The predicted octanol–water partition coefficient (Wildman–Crippen LogP) is 3.76. The first kappa shape index (κ1) is 20.3. The number of sulfonamides is 1. The van der Waals surface area contributed by atoms with E-state index in [2.05, 4.69) is 14.0 Å². The highest BCUT2D eigenvalue weighted by atomic mass is 35.5. The molecule has 144 valence electrons. The number of rotatable bonds is 5. The highest BCUT2D eigenvalue weighted by molar-refractivity contribution is 8.03. The lowest BCUT2D eigenvalue weighted by atomic mass is 10.4. The van der Waals surface area contributed by atoms with Gasteiger partial charge in [0.05, 0.1) is 14.6 Å². The van der Waals surface area contributed by atoms with E-state index in [-0.39, 0.29) is 4.21 Å². The number of hydrogen-bond acceptors (Lipinski definition) is 7. The molecule has 0 N–H and O–H groups in total. The van der Waals surface area contributed by atoms with Crippen LogP contribution in [0.4, 0.5) is 0 Å². The molecule has 0 spiro atoms. The number of benzene rings is 1. The second-order valence-corrected chi connectivity index (χ2v) is 12.1. The maximum atomic E-state index is 12.8. The molecule has 1 unspecified atom stereocenters. The Kier molecular flexibility index (Phi) is 5.69. The Labute approximate surface area is 171 Å². The van der Waals surface area contributed by atoms with E-state index in [1.807, 2.05) is 6.26 Å². The third-order valence-corrected chi connectivity index (χ3v) is 10.0. The molecule has 7 nitrogen and oxygen atoms in total. The number of nitrogens with zero attached hydrogens (tertiary/aromatic N) is 4.